The molecular formula is C14H13BrN2O2. The molecule has 4 nitrogen and oxygen atoms in total. The number of hydrogen-bond donors (Lipinski definition) is 2. The van der Waals surface area contributed by atoms with Gasteiger partial charge in [-0.3, -0.25) is 4.79 Å². The molecule has 2 aromatic carbocycles. The summed E-state index contributed by atoms with van der Waals surface area (Å²) in [7, 11) is 1.52. The van der Waals surface area contributed by atoms with E-state index in [-0.39, 0.29) is 5.78 Å². The summed E-state index contributed by atoms with van der Waals surface area (Å²) in [6.45, 7) is 0. The highest BCUT2D eigenvalue weighted by atomic mass is 79.9. The van der Waals surface area contributed by atoms with Crippen molar-refractivity contribution in [2.75, 3.05) is 18.6 Å². The number of nitrogen functional groups attached to an aromatic ring is 2. The molecule has 0 aliphatic rings. The van der Waals surface area contributed by atoms with Crippen LogP contribution in [0.5, 0.6) is 5.75 Å². The van der Waals surface area contributed by atoms with Crippen molar-refractivity contribution in [2.24, 2.45) is 0 Å². The molecule has 98 valence electrons. The average Bonchev–Trinajstić information content (AvgIpc) is 2.36. The van der Waals surface area contributed by atoms with E-state index in [1.807, 2.05) is 6.07 Å². The number of benzene rings is 2. The Balaban J connectivity index is 2.52. The number of hydrogen-bond acceptors (Lipinski definition) is 4. The fourth-order valence-electron chi connectivity index (χ4n) is 1.82. The minimum atomic E-state index is -0.183. The summed E-state index contributed by atoms with van der Waals surface area (Å²) < 4.78 is 6.00. The van der Waals surface area contributed by atoms with Crippen LogP contribution in [0.15, 0.2) is 40.9 Å². The highest BCUT2D eigenvalue weighted by Gasteiger charge is 2.15. The first kappa shape index (κ1) is 13.4. The molecule has 0 aliphatic carbocycles. The summed E-state index contributed by atoms with van der Waals surface area (Å²) in [4.78, 5) is 12.5. The van der Waals surface area contributed by atoms with Crippen molar-refractivity contribution in [3.63, 3.8) is 0 Å². The minimum absolute atomic E-state index is 0.183. The van der Waals surface area contributed by atoms with Gasteiger partial charge >= 0.3 is 0 Å². The van der Waals surface area contributed by atoms with Crippen LogP contribution in [0, 0.1) is 0 Å². The second-order valence-corrected chi connectivity index (χ2v) is 4.98. The first-order valence-corrected chi connectivity index (χ1v) is 6.35. The number of nitrogens with two attached hydrogens (primary N) is 2. The Hall–Kier alpha value is -2.01. The third-order valence-corrected chi connectivity index (χ3v) is 3.14. The first-order chi connectivity index (χ1) is 9.01. The van der Waals surface area contributed by atoms with Gasteiger partial charge in [-0.1, -0.05) is 15.9 Å². The normalized spacial score (nSPS) is 10.2. The lowest BCUT2D eigenvalue weighted by atomic mass is 10.0. The molecule has 0 unspecified atom stereocenters. The summed E-state index contributed by atoms with van der Waals surface area (Å²) in [5.41, 5.74) is 13.2. The summed E-state index contributed by atoms with van der Waals surface area (Å²) in [5, 5.41) is 0. The second-order valence-electron chi connectivity index (χ2n) is 4.06. The highest BCUT2D eigenvalue weighted by molar-refractivity contribution is 9.10. The van der Waals surface area contributed by atoms with Gasteiger partial charge < -0.3 is 16.2 Å². The molecule has 5 heteroatoms. The Morgan fingerprint density at radius 3 is 2.32 bits per heavy atom. The van der Waals surface area contributed by atoms with Gasteiger partial charge in [0.05, 0.1) is 12.7 Å². The Morgan fingerprint density at radius 2 is 1.74 bits per heavy atom. The molecule has 0 aromatic heterocycles. The topological polar surface area (TPSA) is 78.3 Å². The molecule has 0 saturated carbocycles. The number of methoxy groups -OCH3 is 1. The largest absolute Gasteiger partial charge is 0.496 e. The Kier molecular flexibility index (Phi) is 3.76. The SMILES string of the molecule is COc1ccc(Br)cc1C(=O)c1cc(N)cc(N)c1. The van der Waals surface area contributed by atoms with E-state index in [0.717, 1.165) is 4.47 Å². The van der Waals surface area contributed by atoms with Crippen molar-refractivity contribution in [2.45, 2.75) is 0 Å². The number of halogens is 1. The third-order valence-electron chi connectivity index (χ3n) is 2.65. The molecule has 0 heterocycles. The van der Waals surface area contributed by atoms with Gasteiger partial charge in [-0.15, -0.1) is 0 Å². The zero-order chi connectivity index (χ0) is 14.0. The summed E-state index contributed by atoms with van der Waals surface area (Å²) in [6.07, 6.45) is 0. The fraction of sp³-hybridized carbons (Fsp3) is 0.0714. The van der Waals surface area contributed by atoms with Gasteiger partial charge in [0, 0.05) is 21.4 Å². The highest BCUT2D eigenvalue weighted by Crippen LogP contribution is 2.26. The Labute approximate surface area is 119 Å². The molecule has 0 amide bonds. The van der Waals surface area contributed by atoms with Gasteiger partial charge in [-0.05, 0) is 36.4 Å². The van der Waals surface area contributed by atoms with Crippen LogP contribution in [-0.2, 0) is 0 Å². The average molecular weight is 321 g/mol. The molecule has 0 saturated heterocycles. The van der Waals surface area contributed by atoms with Crippen molar-refractivity contribution in [1.29, 1.82) is 0 Å². The Morgan fingerprint density at radius 1 is 1.11 bits per heavy atom. The molecule has 0 atom stereocenters. The maximum absolute atomic E-state index is 12.5. The van der Waals surface area contributed by atoms with Gasteiger partial charge in [0.25, 0.3) is 0 Å². The van der Waals surface area contributed by atoms with Crippen LogP contribution in [0.25, 0.3) is 0 Å². The van der Waals surface area contributed by atoms with E-state index in [9.17, 15) is 4.79 Å². The van der Waals surface area contributed by atoms with E-state index < -0.39 is 0 Å². The lowest BCUT2D eigenvalue weighted by molar-refractivity contribution is 0.103. The number of carbonyl (C=O) groups excluding carboxylic acids is 1. The molecular weight excluding hydrogens is 308 g/mol. The first-order valence-electron chi connectivity index (χ1n) is 5.55. The second kappa shape index (κ2) is 5.32. The fourth-order valence-corrected chi connectivity index (χ4v) is 2.18. The molecule has 19 heavy (non-hydrogen) atoms. The smallest absolute Gasteiger partial charge is 0.196 e. The number of ketones is 1. The van der Waals surface area contributed by atoms with Crippen LogP contribution < -0.4 is 16.2 Å². The van der Waals surface area contributed by atoms with E-state index in [0.29, 0.717) is 28.3 Å². The van der Waals surface area contributed by atoms with Crippen LogP contribution in [-0.4, -0.2) is 12.9 Å². The molecule has 0 bridgehead atoms. The number of carbonyl (C=O) groups is 1. The monoisotopic (exact) mass is 320 g/mol. The number of rotatable bonds is 3. The summed E-state index contributed by atoms with van der Waals surface area (Å²) in [6, 6.07) is 10.0. The third kappa shape index (κ3) is 2.88. The van der Waals surface area contributed by atoms with Gasteiger partial charge in [-0.25, -0.2) is 0 Å². The summed E-state index contributed by atoms with van der Waals surface area (Å²) in [5.74, 6) is 0.325. The van der Waals surface area contributed by atoms with Crippen molar-refractivity contribution < 1.29 is 9.53 Å². The maximum atomic E-state index is 12.5. The lowest BCUT2D eigenvalue weighted by Crippen LogP contribution is -2.05. The number of anilines is 2. The van der Waals surface area contributed by atoms with Gasteiger partial charge in [0.2, 0.25) is 0 Å². The van der Waals surface area contributed by atoms with Crippen molar-refractivity contribution in [3.8, 4) is 5.75 Å². The van der Waals surface area contributed by atoms with E-state index >= 15 is 0 Å². The predicted molar refractivity (Wildman–Crippen MR) is 79.4 cm³/mol. The predicted octanol–water partition coefficient (Wildman–Crippen LogP) is 2.85. The van der Waals surface area contributed by atoms with Crippen molar-refractivity contribution in [1.82, 2.24) is 0 Å². The van der Waals surface area contributed by atoms with E-state index in [1.165, 1.54) is 7.11 Å². The van der Waals surface area contributed by atoms with E-state index in [4.69, 9.17) is 16.2 Å². The molecule has 0 radical (unpaired) electrons. The zero-order valence-corrected chi connectivity index (χ0v) is 11.9. The molecule has 2 rings (SSSR count). The Bertz CT molecular complexity index is 621. The van der Waals surface area contributed by atoms with E-state index in [2.05, 4.69) is 15.9 Å². The van der Waals surface area contributed by atoms with Gasteiger partial charge in [-0.2, -0.15) is 0 Å². The van der Waals surface area contributed by atoms with E-state index in [1.54, 1.807) is 30.3 Å². The van der Waals surface area contributed by atoms with Crippen molar-refractivity contribution in [3.05, 3.63) is 52.0 Å². The summed E-state index contributed by atoms with van der Waals surface area (Å²) >= 11 is 3.34. The van der Waals surface area contributed by atoms with Crippen LogP contribution in [0.4, 0.5) is 11.4 Å². The quantitative estimate of drug-likeness (QED) is 0.673. The maximum Gasteiger partial charge on any atom is 0.196 e. The lowest BCUT2D eigenvalue weighted by Gasteiger charge is -2.09. The van der Waals surface area contributed by atoms with Crippen LogP contribution >= 0.6 is 15.9 Å². The molecule has 0 aliphatic heterocycles. The molecule has 2 aromatic rings. The van der Waals surface area contributed by atoms with Gasteiger partial charge in [0.15, 0.2) is 5.78 Å². The zero-order valence-electron chi connectivity index (χ0n) is 10.3. The number of ether oxygens (including phenoxy) is 1. The molecule has 0 fully saturated rings. The van der Waals surface area contributed by atoms with Crippen LogP contribution in [0.3, 0.4) is 0 Å². The van der Waals surface area contributed by atoms with Crippen LogP contribution in [0.1, 0.15) is 15.9 Å². The molecule has 0 spiro atoms. The standard InChI is InChI=1S/C14H13BrN2O2/c1-19-13-3-2-9(15)6-12(13)14(18)8-4-10(16)7-11(17)5-8/h2-7H,16-17H2,1H3. The molecule has 4 N–H and O–H groups in total. The minimum Gasteiger partial charge on any atom is -0.496 e. The van der Waals surface area contributed by atoms with Crippen molar-refractivity contribution >= 4 is 33.1 Å². The van der Waals surface area contributed by atoms with Crippen LogP contribution in [0.2, 0.25) is 0 Å². The van der Waals surface area contributed by atoms with Gasteiger partial charge in [0.1, 0.15) is 5.75 Å².